The van der Waals surface area contributed by atoms with Crippen LogP contribution in [0.25, 0.3) is 0 Å². The lowest BCUT2D eigenvalue weighted by Crippen LogP contribution is -2.44. The molecule has 0 aromatic rings. The van der Waals surface area contributed by atoms with Crippen molar-refractivity contribution in [1.29, 1.82) is 0 Å². The Kier molecular flexibility index (Phi) is 6.28. The summed E-state index contributed by atoms with van der Waals surface area (Å²) < 4.78 is 0. The average Bonchev–Trinajstić information content (AvgIpc) is 2.38. The Morgan fingerprint density at radius 1 is 1.32 bits per heavy atom. The monoisotopic (exact) mass is 270 g/mol. The van der Waals surface area contributed by atoms with E-state index >= 15 is 0 Å². The summed E-state index contributed by atoms with van der Waals surface area (Å²) >= 11 is 0. The standard InChI is InChI=1S/C16H34N2O/c1-15(2)10-7-14(8-11-15)18(5)12-6-9-16(3,13-19)17-4/h14,17,19H,6-13H2,1-5H3. The Hall–Kier alpha value is -0.120. The molecule has 19 heavy (non-hydrogen) atoms. The maximum atomic E-state index is 9.38. The molecule has 1 atom stereocenters. The molecule has 1 fully saturated rings. The molecule has 2 N–H and O–H groups in total. The smallest absolute Gasteiger partial charge is 0.0610 e. The first-order valence-electron chi connectivity index (χ1n) is 7.82. The Bertz CT molecular complexity index is 251. The van der Waals surface area contributed by atoms with Gasteiger partial charge in [-0.1, -0.05) is 13.8 Å². The van der Waals surface area contributed by atoms with Crippen molar-refractivity contribution in [2.75, 3.05) is 27.2 Å². The third kappa shape index (κ3) is 5.41. The highest BCUT2D eigenvalue weighted by atomic mass is 16.3. The van der Waals surface area contributed by atoms with Gasteiger partial charge >= 0.3 is 0 Å². The van der Waals surface area contributed by atoms with E-state index in [0.29, 0.717) is 5.41 Å². The Balaban J connectivity index is 2.27. The molecule has 1 unspecified atom stereocenters. The maximum Gasteiger partial charge on any atom is 0.0610 e. The summed E-state index contributed by atoms with van der Waals surface area (Å²) in [5, 5.41) is 12.6. The molecule has 1 saturated carbocycles. The van der Waals surface area contributed by atoms with Gasteiger partial charge in [-0.05, 0) is 71.5 Å². The first-order valence-corrected chi connectivity index (χ1v) is 7.82. The van der Waals surface area contributed by atoms with Gasteiger partial charge in [0.05, 0.1) is 6.61 Å². The van der Waals surface area contributed by atoms with Gasteiger partial charge in [-0.2, -0.15) is 0 Å². The maximum absolute atomic E-state index is 9.38. The van der Waals surface area contributed by atoms with Crippen LogP contribution in [0, 0.1) is 5.41 Å². The summed E-state index contributed by atoms with van der Waals surface area (Å²) in [5.74, 6) is 0. The van der Waals surface area contributed by atoms with E-state index in [9.17, 15) is 5.11 Å². The minimum absolute atomic E-state index is 0.116. The SMILES string of the molecule is CNC(C)(CO)CCCN(C)C1CCC(C)(C)CC1. The van der Waals surface area contributed by atoms with Crippen LogP contribution in [0.1, 0.15) is 59.3 Å². The van der Waals surface area contributed by atoms with Gasteiger partial charge in [0.15, 0.2) is 0 Å². The number of hydrogen-bond acceptors (Lipinski definition) is 3. The fourth-order valence-corrected chi connectivity index (χ4v) is 3.01. The van der Waals surface area contributed by atoms with E-state index in [1.807, 2.05) is 7.05 Å². The van der Waals surface area contributed by atoms with E-state index in [1.54, 1.807) is 0 Å². The molecule has 1 aliphatic carbocycles. The molecule has 0 amide bonds. The van der Waals surface area contributed by atoms with E-state index in [-0.39, 0.29) is 12.1 Å². The van der Waals surface area contributed by atoms with Crippen molar-refractivity contribution in [3.63, 3.8) is 0 Å². The summed E-state index contributed by atoms with van der Waals surface area (Å²) in [7, 11) is 4.20. The van der Waals surface area contributed by atoms with Gasteiger partial charge in [0.25, 0.3) is 0 Å². The first kappa shape index (κ1) is 16.9. The molecule has 1 rings (SSSR count). The molecule has 0 heterocycles. The molecular formula is C16H34N2O. The van der Waals surface area contributed by atoms with Crippen LogP contribution in [0.2, 0.25) is 0 Å². The number of hydrogen-bond donors (Lipinski definition) is 2. The van der Waals surface area contributed by atoms with Gasteiger partial charge in [0, 0.05) is 11.6 Å². The zero-order valence-electron chi connectivity index (χ0n) is 13.6. The lowest BCUT2D eigenvalue weighted by Gasteiger charge is -2.39. The van der Waals surface area contributed by atoms with Crippen molar-refractivity contribution < 1.29 is 5.11 Å². The van der Waals surface area contributed by atoms with Gasteiger partial charge < -0.3 is 15.3 Å². The zero-order chi connectivity index (χ0) is 14.5. The molecule has 0 saturated heterocycles. The summed E-state index contributed by atoms with van der Waals surface area (Å²) in [4.78, 5) is 2.53. The molecule has 3 nitrogen and oxygen atoms in total. The first-order chi connectivity index (χ1) is 8.82. The minimum Gasteiger partial charge on any atom is -0.394 e. The molecule has 0 radical (unpaired) electrons. The number of aliphatic hydroxyl groups excluding tert-OH is 1. The van der Waals surface area contributed by atoms with Gasteiger partial charge in [0.2, 0.25) is 0 Å². The van der Waals surface area contributed by atoms with E-state index in [0.717, 1.165) is 25.4 Å². The summed E-state index contributed by atoms with van der Waals surface area (Å²) in [6.07, 6.45) is 7.57. The molecule has 0 aliphatic heterocycles. The van der Waals surface area contributed by atoms with Crippen LogP contribution in [0.4, 0.5) is 0 Å². The number of aliphatic hydroxyl groups is 1. The number of likely N-dealkylation sites (N-methyl/N-ethyl adjacent to an activating group) is 1. The topological polar surface area (TPSA) is 35.5 Å². The summed E-state index contributed by atoms with van der Waals surface area (Å²) in [5.41, 5.74) is 0.439. The second-order valence-corrected chi connectivity index (χ2v) is 7.45. The highest BCUT2D eigenvalue weighted by molar-refractivity contribution is 4.84. The van der Waals surface area contributed by atoms with E-state index in [2.05, 4.69) is 38.0 Å². The van der Waals surface area contributed by atoms with Crippen LogP contribution < -0.4 is 5.32 Å². The second kappa shape index (κ2) is 7.05. The van der Waals surface area contributed by atoms with Crippen molar-refractivity contribution in [2.45, 2.75) is 70.9 Å². The summed E-state index contributed by atoms with van der Waals surface area (Å²) in [6, 6.07) is 0.767. The summed E-state index contributed by atoms with van der Waals surface area (Å²) in [6.45, 7) is 8.23. The Morgan fingerprint density at radius 3 is 2.37 bits per heavy atom. The van der Waals surface area contributed by atoms with Gasteiger partial charge in [-0.15, -0.1) is 0 Å². The molecule has 114 valence electrons. The second-order valence-electron chi connectivity index (χ2n) is 7.45. The third-order valence-corrected chi connectivity index (χ3v) is 5.12. The largest absolute Gasteiger partial charge is 0.394 e. The molecule has 3 heteroatoms. The van der Waals surface area contributed by atoms with Crippen LogP contribution in [-0.2, 0) is 0 Å². The molecule has 0 aromatic carbocycles. The van der Waals surface area contributed by atoms with Crippen molar-refractivity contribution in [2.24, 2.45) is 5.41 Å². The van der Waals surface area contributed by atoms with Gasteiger partial charge in [-0.25, -0.2) is 0 Å². The Morgan fingerprint density at radius 2 is 1.89 bits per heavy atom. The number of nitrogens with one attached hydrogen (secondary N) is 1. The minimum atomic E-state index is -0.116. The lowest BCUT2D eigenvalue weighted by atomic mass is 9.75. The predicted molar refractivity (Wildman–Crippen MR) is 82.5 cm³/mol. The molecule has 0 spiro atoms. The van der Waals surface area contributed by atoms with Crippen LogP contribution in [0.15, 0.2) is 0 Å². The molecule has 0 aromatic heterocycles. The average molecular weight is 270 g/mol. The quantitative estimate of drug-likeness (QED) is 0.746. The molecule has 0 bridgehead atoms. The third-order valence-electron chi connectivity index (χ3n) is 5.12. The van der Waals surface area contributed by atoms with E-state index in [4.69, 9.17) is 0 Å². The normalized spacial score (nSPS) is 23.5. The van der Waals surface area contributed by atoms with Gasteiger partial charge in [-0.3, -0.25) is 0 Å². The van der Waals surface area contributed by atoms with Crippen molar-refractivity contribution in [3.8, 4) is 0 Å². The van der Waals surface area contributed by atoms with Crippen LogP contribution >= 0.6 is 0 Å². The van der Waals surface area contributed by atoms with Crippen LogP contribution in [0.5, 0.6) is 0 Å². The lowest BCUT2D eigenvalue weighted by molar-refractivity contribution is 0.119. The molecule has 1 aliphatic rings. The number of rotatable bonds is 7. The van der Waals surface area contributed by atoms with Crippen molar-refractivity contribution in [3.05, 3.63) is 0 Å². The highest BCUT2D eigenvalue weighted by Crippen LogP contribution is 2.36. The zero-order valence-corrected chi connectivity index (χ0v) is 13.6. The van der Waals surface area contributed by atoms with Gasteiger partial charge in [0.1, 0.15) is 0 Å². The van der Waals surface area contributed by atoms with Crippen LogP contribution in [-0.4, -0.2) is 48.8 Å². The highest BCUT2D eigenvalue weighted by Gasteiger charge is 2.29. The fourth-order valence-electron chi connectivity index (χ4n) is 3.01. The number of nitrogens with zero attached hydrogens (tertiary/aromatic N) is 1. The molecular weight excluding hydrogens is 236 g/mol. The van der Waals surface area contributed by atoms with E-state index in [1.165, 1.54) is 25.7 Å². The fraction of sp³-hybridized carbons (Fsp3) is 1.00. The van der Waals surface area contributed by atoms with Crippen LogP contribution in [0.3, 0.4) is 0 Å². The van der Waals surface area contributed by atoms with Crippen molar-refractivity contribution >= 4 is 0 Å². The Labute approximate surface area is 119 Å². The van der Waals surface area contributed by atoms with E-state index < -0.39 is 0 Å². The predicted octanol–water partition coefficient (Wildman–Crippen LogP) is 2.64. The van der Waals surface area contributed by atoms with Crippen molar-refractivity contribution in [1.82, 2.24) is 10.2 Å².